The van der Waals surface area contributed by atoms with Crippen LogP contribution < -0.4 is 10.1 Å². The predicted octanol–water partition coefficient (Wildman–Crippen LogP) is 4.89. The number of fused-ring (bicyclic) bond motifs is 2. The van der Waals surface area contributed by atoms with Crippen LogP contribution in [0.15, 0.2) is 18.2 Å². The average molecular weight is 421 g/mol. The third kappa shape index (κ3) is 4.00. The number of rotatable bonds is 4. The summed E-state index contributed by atoms with van der Waals surface area (Å²) in [5.41, 5.74) is 2.22. The predicted molar refractivity (Wildman–Crippen MR) is 118 cm³/mol. The summed E-state index contributed by atoms with van der Waals surface area (Å²) in [6, 6.07) is 5.76. The summed E-state index contributed by atoms with van der Waals surface area (Å²) < 4.78 is 6.20. The maximum atomic E-state index is 11.0. The van der Waals surface area contributed by atoms with E-state index in [1.807, 2.05) is 39.0 Å². The number of halogens is 1. The van der Waals surface area contributed by atoms with Gasteiger partial charge in [0.05, 0.1) is 11.6 Å². The molecule has 6 heteroatoms. The van der Waals surface area contributed by atoms with Crippen LogP contribution in [-0.2, 0) is 0 Å². The summed E-state index contributed by atoms with van der Waals surface area (Å²) >= 11 is 8.24. The average Bonchev–Trinajstić information content (AvgIpc) is 2.65. The lowest BCUT2D eigenvalue weighted by Gasteiger charge is -2.42. The van der Waals surface area contributed by atoms with E-state index in [-0.39, 0.29) is 6.04 Å². The highest BCUT2D eigenvalue weighted by molar-refractivity contribution is 7.99. The Labute approximate surface area is 176 Å². The summed E-state index contributed by atoms with van der Waals surface area (Å²) in [6.07, 6.45) is 3.12. The van der Waals surface area contributed by atoms with Crippen molar-refractivity contribution in [1.29, 1.82) is 0 Å². The van der Waals surface area contributed by atoms with Crippen LogP contribution in [0, 0.1) is 12.8 Å². The molecule has 152 valence electrons. The lowest BCUT2D eigenvalue weighted by molar-refractivity contribution is -0.0645. The molecule has 0 unspecified atom stereocenters. The number of ether oxygens (including phenoxy) is 1. The van der Waals surface area contributed by atoms with Gasteiger partial charge in [-0.2, -0.15) is 11.8 Å². The normalized spacial score (nSPS) is 24.8. The molecule has 4 nitrogen and oxygen atoms in total. The largest absolute Gasteiger partial charge is 0.485 e. The van der Waals surface area contributed by atoms with Gasteiger partial charge in [-0.25, -0.2) is 4.98 Å². The van der Waals surface area contributed by atoms with Crippen LogP contribution in [0.5, 0.6) is 5.75 Å². The minimum Gasteiger partial charge on any atom is -0.485 e. The van der Waals surface area contributed by atoms with Gasteiger partial charge in [-0.15, -0.1) is 0 Å². The Kier molecular flexibility index (Phi) is 5.81. The number of pyridine rings is 1. The van der Waals surface area contributed by atoms with Crippen LogP contribution >= 0.6 is 23.4 Å². The zero-order valence-corrected chi connectivity index (χ0v) is 18.4. The molecule has 0 aliphatic carbocycles. The quantitative estimate of drug-likeness (QED) is 0.689. The fourth-order valence-electron chi connectivity index (χ4n) is 4.34. The number of thioether (sulfide) groups is 1. The first-order chi connectivity index (χ1) is 13.3. The maximum Gasteiger partial charge on any atom is 0.131 e. The molecular weight excluding hydrogens is 392 g/mol. The van der Waals surface area contributed by atoms with Gasteiger partial charge in [-0.05, 0) is 87.8 Å². The topological polar surface area (TPSA) is 54.4 Å². The van der Waals surface area contributed by atoms with Crippen molar-refractivity contribution in [2.45, 2.75) is 57.8 Å². The monoisotopic (exact) mass is 420 g/mol. The van der Waals surface area contributed by atoms with Gasteiger partial charge in [-0.1, -0.05) is 11.6 Å². The summed E-state index contributed by atoms with van der Waals surface area (Å²) in [7, 11) is 0. The van der Waals surface area contributed by atoms with Crippen molar-refractivity contribution in [1.82, 2.24) is 10.3 Å². The molecule has 3 heterocycles. The first-order valence-corrected chi connectivity index (χ1v) is 11.7. The summed E-state index contributed by atoms with van der Waals surface area (Å²) in [4.78, 5) is 4.49. The van der Waals surface area contributed by atoms with Crippen LogP contribution in [0.2, 0.25) is 5.15 Å². The molecule has 1 aromatic heterocycles. The fourth-order valence-corrected chi connectivity index (χ4v) is 5.80. The molecule has 2 aromatic rings. The second-order valence-electron chi connectivity index (χ2n) is 8.60. The van der Waals surface area contributed by atoms with Gasteiger partial charge in [0.1, 0.15) is 22.6 Å². The van der Waals surface area contributed by atoms with Crippen LogP contribution in [0.1, 0.15) is 50.3 Å². The maximum absolute atomic E-state index is 11.0. The van der Waals surface area contributed by atoms with Crippen molar-refractivity contribution < 1.29 is 9.84 Å². The zero-order chi connectivity index (χ0) is 19.9. The number of nitrogens with zero attached hydrogens (tertiary/aromatic N) is 1. The van der Waals surface area contributed by atoms with E-state index in [0.717, 1.165) is 46.7 Å². The molecular formula is C22H29ClN2O2S. The van der Waals surface area contributed by atoms with Crippen molar-refractivity contribution in [2.75, 3.05) is 18.1 Å². The van der Waals surface area contributed by atoms with Crippen LogP contribution in [0.3, 0.4) is 0 Å². The second kappa shape index (κ2) is 8.02. The molecule has 0 spiro atoms. The third-order valence-corrected chi connectivity index (χ3v) is 7.35. The molecule has 0 radical (unpaired) electrons. The van der Waals surface area contributed by atoms with Crippen molar-refractivity contribution in [3.8, 4) is 5.75 Å². The van der Waals surface area contributed by atoms with Crippen molar-refractivity contribution >= 4 is 34.3 Å². The van der Waals surface area contributed by atoms with E-state index in [0.29, 0.717) is 5.15 Å². The number of hydrogen-bond donors (Lipinski definition) is 2. The van der Waals surface area contributed by atoms with E-state index in [4.69, 9.17) is 16.3 Å². The molecule has 2 N–H and O–H groups in total. The highest BCUT2D eigenvalue weighted by Crippen LogP contribution is 2.42. The lowest BCUT2D eigenvalue weighted by atomic mass is 9.85. The standard InChI is InChI=1S/C22H29ClN2O2S/c1-13-10-19(23)25-17-11-16-18(12-15(13)17)27-22(2,3)21(26)20(16)24-7-4-14-5-8-28-9-6-14/h10-12,14,20-21,24,26H,4-9H2,1-3H3/t20-,21+/m0/s1. The molecule has 2 aliphatic heterocycles. The smallest absolute Gasteiger partial charge is 0.131 e. The van der Waals surface area contributed by atoms with Crippen molar-refractivity contribution in [3.05, 3.63) is 34.5 Å². The molecule has 2 aliphatic rings. The Morgan fingerprint density at radius 3 is 2.79 bits per heavy atom. The van der Waals surface area contributed by atoms with Crippen molar-refractivity contribution in [3.63, 3.8) is 0 Å². The van der Waals surface area contributed by atoms with Gasteiger partial charge in [0.25, 0.3) is 0 Å². The van der Waals surface area contributed by atoms with Gasteiger partial charge in [-0.3, -0.25) is 0 Å². The Morgan fingerprint density at radius 1 is 1.29 bits per heavy atom. The number of aliphatic hydroxyl groups is 1. The van der Waals surface area contributed by atoms with E-state index in [1.165, 1.54) is 24.3 Å². The summed E-state index contributed by atoms with van der Waals surface area (Å²) in [6.45, 7) is 6.82. The molecule has 1 fully saturated rings. The Balaban J connectivity index is 1.63. The summed E-state index contributed by atoms with van der Waals surface area (Å²) in [5.74, 6) is 4.16. The number of aryl methyl sites for hydroxylation is 1. The van der Waals surface area contributed by atoms with Gasteiger partial charge < -0.3 is 15.2 Å². The SMILES string of the molecule is Cc1cc(Cl)nc2cc3c(cc12)OC(C)(C)[C@H](O)[C@H]3NCCC1CCSCC1. The second-order valence-corrected chi connectivity index (χ2v) is 10.2. The summed E-state index contributed by atoms with van der Waals surface area (Å²) in [5, 5.41) is 16.2. The molecule has 28 heavy (non-hydrogen) atoms. The molecule has 0 saturated carbocycles. The molecule has 4 rings (SSSR count). The van der Waals surface area contributed by atoms with Gasteiger partial charge >= 0.3 is 0 Å². The Bertz CT molecular complexity index is 867. The van der Waals surface area contributed by atoms with Gasteiger partial charge in [0, 0.05) is 10.9 Å². The van der Waals surface area contributed by atoms with Crippen LogP contribution in [0.25, 0.3) is 10.9 Å². The Hall–Kier alpha value is -1.01. The number of nitrogens with one attached hydrogen (secondary N) is 1. The first kappa shape index (κ1) is 20.3. The highest BCUT2D eigenvalue weighted by Gasteiger charge is 2.43. The molecule has 0 amide bonds. The third-order valence-electron chi connectivity index (χ3n) is 6.11. The number of benzene rings is 1. The fraction of sp³-hybridized carbons (Fsp3) is 0.591. The highest BCUT2D eigenvalue weighted by atomic mass is 35.5. The number of hydrogen-bond acceptors (Lipinski definition) is 5. The van der Waals surface area contributed by atoms with Crippen LogP contribution in [-0.4, -0.2) is 39.8 Å². The van der Waals surface area contributed by atoms with Crippen molar-refractivity contribution in [2.24, 2.45) is 5.92 Å². The number of aliphatic hydroxyl groups excluding tert-OH is 1. The first-order valence-electron chi connectivity index (χ1n) is 10.1. The van der Waals surface area contributed by atoms with Gasteiger partial charge in [0.2, 0.25) is 0 Å². The minimum atomic E-state index is -0.659. The molecule has 1 saturated heterocycles. The number of aromatic nitrogens is 1. The Morgan fingerprint density at radius 2 is 2.04 bits per heavy atom. The van der Waals surface area contributed by atoms with Gasteiger partial charge in [0.15, 0.2) is 0 Å². The van der Waals surface area contributed by atoms with E-state index in [9.17, 15) is 5.11 Å². The van der Waals surface area contributed by atoms with Crippen LogP contribution in [0.4, 0.5) is 0 Å². The minimum absolute atomic E-state index is 0.179. The zero-order valence-electron chi connectivity index (χ0n) is 16.8. The van der Waals surface area contributed by atoms with E-state index >= 15 is 0 Å². The van der Waals surface area contributed by atoms with E-state index < -0.39 is 11.7 Å². The molecule has 0 bridgehead atoms. The lowest BCUT2D eigenvalue weighted by Crippen LogP contribution is -2.52. The molecule has 1 aromatic carbocycles. The molecule has 2 atom stereocenters. The van der Waals surface area contributed by atoms with E-state index in [1.54, 1.807) is 0 Å². The van der Waals surface area contributed by atoms with E-state index in [2.05, 4.69) is 22.1 Å².